The van der Waals surface area contributed by atoms with Crippen molar-refractivity contribution < 1.29 is 27.1 Å². The molecule has 0 radical (unpaired) electrons. The number of rotatable bonds is 5. The Balaban J connectivity index is 0.00000210. The van der Waals surface area contributed by atoms with Gasteiger partial charge >= 0.3 is 0 Å². The normalized spacial score (nSPS) is 10.6. The summed E-state index contributed by atoms with van der Waals surface area (Å²) in [5.74, 6) is -0.145. The van der Waals surface area contributed by atoms with E-state index in [0.717, 1.165) is 6.07 Å². The molecule has 2 aromatic carbocycles. The van der Waals surface area contributed by atoms with E-state index in [1.165, 1.54) is 6.07 Å². The molecule has 0 saturated heterocycles. The number of nitrogens with zero attached hydrogens (tertiary/aromatic N) is 1. The summed E-state index contributed by atoms with van der Waals surface area (Å²) >= 11 is 5.97. The molecule has 3 rings (SSSR count). The number of aromatic nitrogens is 1. The van der Waals surface area contributed by atoms with Gasteiger partial charge in [0.15, 0.2) is 11.5 Å². The predicted molar refractivity (Wildman–Crippen MR) is 105 cm³/mol. The summed E-state index contributed by atoms with van der Waals surface area (Å²) in [6.45, 7) is 2.21. The minimum atomic E-state index is -0.414. The quantitative estimate of drug-likeness (QED) is 0.597. The molecular formula is C19H21ClN2O5. The fourth-order valence-electron chi connectivity index (χ4n) is 2.63. The molecule has 0 aliphatic carbocycles. The monoisotopic (exact) mass is 392 g/mol. The molecule has 0 saturated carbocycles. The number of aromatic hydroxyl groups is 2. The van der Waals surface area contributed by atoms with Crippen molar-refractivity contribution in [3.8, 4) is 39.7 Å². The molecule has 1 heterocycles. The third-order valence-corrected chi connectivity index (χ3v) is 4.24. The standard InChI is InChI=1S/C19H17ClN2O5.2H2/c1-3-21-19(25)17-16(10-4-6-11(26-2)7-5-10)18(27-22-17)12-8-13(20)15(24)9-14(12)23;;/h4-9,23-24H,3H2,1-2H3,(H,21,25);2*1H. The number of benzene rings is 2. The fourth-order valence-corrected chi connectivity index (χ4v) is 2.80. The number of phenolic OH excluding ortho intramolecular Hbond substituents is 2. The van der Waals surface area contributed by atoms with Gasteiger partial charge in [0.25, 0.3) is 5.91 Å². The topological polar surface area (TPSA) is 105 Å². The van der Waals surface area contributed by atoms with E-state index in [4.69, 9.17) is 20.9 Å². The van der Waals surface area contributed by atoms with E-state index in [1.54, 1.807) is 38.3 Å². The van der Waals surface area contributed by atoms with Crippen LogP contribution in [-0.4, -0.2) is 34.9 Å². The van der Waals surface area contributed by atoms with E-state index >= 15 is 0 Å². The second-order valence-corrected chi connectivity index (χ2v) is 6.05. The summed E-state index contributed by atoms with van der Waals surface area (Å²) in [4.78, 5) is 12.4. The van der Waals surface area contributed by atoms with Crippen LogP contribution in [0.1, 0.15) is 20.3 Å². The maximum Gasteiger partial charge on any atom is 0.274 e. The highest BCUT2D eigenvalue weighted by Gasteiger charge is 2.26. The number of nitrogens with one attached hydrogen (secondary N) is 1. The van der Waals surface area contributed by atoms with Crippen molar-refractivity contribution in [2.24, 2.45) is 0 Å². The van der Waals surface area contributed by atoms with Crippen LogP contribution in [0.15, 0.2) is 40.9 Å². The maximum atomic E-state index is 12.4. The number of amides is 1. The van der Waals surface area contributed by atoms with Gasteiger partial charge in [-0.15, -0.1) is 0 Å². The Labute approximate surface area is 163 Å². The highest BCUT2D eigenvalue weighted by atomic mass is 35.5. The number of carbonyl (C=O) groups excluding carboxylic acids is 1. The molecule has 0 spiro atoms. The molecule has 27 heavy (non-hydrogen) atoms. The van der Waals surface area contributed by atoms with Crippen LogP contribution >= 0.6 is 11.6 Å². The molecule has 144 valence electrons. The van der Waals surface area contributed by atoms with Gasteiger partial charge in [-0.1, -0.05) is 28.9 Å². The lowest BCUT2D eigenvalue weighted by Gasteiger charge is -2.08. The van der Waals surface area contributed by atoms with Crippen molar-refractivity contribution in [3.05, 3.63) is 47.1 Å². The van der Waals surface area contributed by atoms with Gasteiger partial charge < -0.3 is 24.8 Å². The first-order valence-electron chi connectivity index (χ1n) is 8.10. The number of phenols is 2. The van der Waals surface area contributed by atoms with E-state index in [1.807, 2.05) is 0 Å². The van der Waals surface area contributed by atoms with Crippen molar-refractivity contribution in [2.75, 3.05) is 13.7 Å². The fraction of sp³-hybridized carbons (Fsp3) is 0.158. The summed E-state index contributed by atoms with van der Waals surface area (Å²) in [6.07, 6.45) is 0. The Hall–Kier alpha value is -3.19. The van der Waals surface area contributed by atoms with Crippen molar-refractivity contribution in [1.82, 2.24) is 10.5 Å². The number of halogens is 1. The van der Waals surface area contributed by atoms with Gasteiger partial charge in [0.05, 0.1) is 23.3 Å². The zero-order valence-corrected chi connectivity index (χ0v) is 15.4. The van der Waals surface area contributed by atoms with E-state index in [2.05, 4.69) is 10.5 Å². The first-order valence-corrected chi connectivity index (χ1v) is 8.48. The first-order chi connectivity index (χ1) is 13.0. The molecular weight excluding hydrogens is 372 g/mol. The van der Waals surface area contributed by atoms with Gasteiger partial charge in [0.2, 0.25) is 0 Å². The van der Waals surface area contributed by atoms with Gasteiger partial charge in [-0.2, -0.15) is 0 Å². The van der Waals surface area contributed by atoms with Gasteiger partial charge in [0.1, 0.15) is 17.2 Å². The van der Waals surface area contributed by atoms with Gasteiger partial charge in [-0.3, -0.25) is 4.79 Å². The van der Waals surface area contributed by atoms with Crippen LogP contribution in [0.4, 0.5) is 0 Å². The van der Waals surface area contributed by atoms with Crippen LogP contribution in [0.3, 0.4) is 0 Å². The lowest BCUT2D eigenvalue weighted by molar-refractivity contribution is 0.0947. The Kier molecular flexibility index (Phi) is 5.23. The average Bonchev–Trinajstić information content (AvgIpc) is 3.10. The molecule has 1 amide bonds. The third-order valence-electron chi connectivity index (χ3n) is 3.93. The molecule has 7 nitrogen and oxygen atoms in total. The summed E-state index contributed by atoms with van der Waals surface area (Å²) in [7, 11) is 1.55. The summed E-state index contributed by atoms with van der Waals surface area (Å²) < 4.78 is 10.6. The number of hydrogen-bond donors (Lipinski definition) is 3. The highest BCUT2D eigenvalue weighted by molar-refractivity contribution is 6.32. The Morgan fingerprint density at radius 3 is 2.59 bits per heavy atom. The van der Waals surface area contributed by atoms with Crippen molar-refractivity contribution >= 4 is 17.5 Å². The Bertz CT molecular complexity index is 993. The zero-order valence-electron chi connectivity index (χ0n) is 14.6. The predicted octanol–water partition coefficient (Wildman–Crippen LogP) is 4.32. The van der Waals surface area contributed by atoms with E-state index in [0.29, 0.717) is 23.4 Å². The van der Waals surface area contributed by atoms with E-state index in [-0.39, 0.29) is 36.4 Å². The third kappa shape index (κ3) is 3.54. The molecule has 3 aromatic rings. The number of hydrogen-bond acceptors (Lipinski definition) is 6. The molecule has 3 N–H and O–H groups in total. The molecule has 0 atom stereocenters. The summed E-state index contributed by atoms with van der Waals surface area (Å²) in [5.41, 5.74) is 1.30. The van der Waals surface area contributed by atoms with E-state index < -0.39 is 5.91 Å². The summed E-state index contributed by atoms with van der Waals surface area (Å²) in [6, 6.07) is 9.41. The van der Waals surface area contributed by atoms with Crippen LogP contribution in [0.2, 0.25) is 5.02 Å². The SMILES string of the molecule is CCNC(=O)c1noc(-c2cc(Cl)c(O)cc2O)c1-c1ccc(OC)cc1.[HH].[HH]. The van der Waals surface area contributed by atoms with Crippen molar-refractivity contribution in [3.63, 3.8) is 0 Å². The minimum absolute atomic E-state index is 0. The van der Waals surface area contributed by atoms with Crippen molar-refractivity contribution in [2.45, 2.75) is 6.92 Å². The van der Waals surface area contributed by atoms with E-state index in [9.17, 15) is 15.0 Å². The maximum absolute atomic E-state index is 12.4. The van der Waals surface area contributed by atoms with Crippen LogP contribution in [-0.2, 0) is 0 Å². The molecule has 0 unspecified atom stereocenters. The molecule has 0 aliphatic rings. The lowest BCUT2D eigenvalue weighted by atomic mass is 9.98. The summed E-state index contributed by atoms with van der Waals surface area (Å²) in [5, 5.41) is 26.5. The van der Waals surface area contributed by atoms with Crippen molar-refractivity contribution in [1.29, 1.82) is 0 Å². The largest absolute Gasteiger partial charge is 0.507 e. The number of methoxy groups -OCH3 is 1. The smallest absolute Gasteiger partial charge is 0.274 e. The Morgan fingerprint density at radius 2 is 1.96 bits per heavy atom. The zero-order chi connectivity index (χ0) is 19.6. The van der Waals surface area contributed by atoms with Crippen LogP contribution < -0.4 is 10.1 Å². The highest BCUT2D eigenvalue weighted by Crippen LogP contribution is 2.43. The van der Waals surface area contributed by atoms with Crippen LogP contribution in [0, 0.1) is 0 Å². The van der Waals surface area contributed by atoms with Gasteiger partial charge in [0, 0.05) is 15.5 Å². The molecule has 8 heteroatoms. The van der Waals surface area contributed by atoms with Gasteiger partial charge in [-0.25, -0.2) is 0 Å². The average molecular weight is 393 g/mol. The molecule has 1 aromatic heterocycles. The van der Waals surface area contributed by atoms with Crippen LogP contribution in [0.5, 0.6) is 17.2 Å². The lowest BCUT2D eigenvalue weighted by Crippen LogP contribution is -2.23. The second-order valence-electron chi connectivity index (χ2n) is 5.64. The molecule has 0 bridgehead atoms. The number of ether oxygens (including phenoxy) is 1. The first kappa shape index (κ1) is 18.6. The minimum Gasteiger partial charge on any atom is -0.507 e. The number of carbonyl (C=O) groups is 1. The second kappa shape index (κ2) is 7.59. The Morgan fingerprint density at radius 1 is 1.26 bits per heavy atom. The molecule has 0 aliphatic heterocycles. The van der Waals surface area contributed by atoms with Crippen LogP contribution in [0.25, 0.3) is 22.5 Å². The molecule has 0 fully saturated rings. The van der Waals surface area contributed by atoms with Gasteiger partial charge in [-0.05, 0) is 30.7 Å².